The number of hydrogen-bond donors (Lipinski definition) is 1. The van der Waals surface area contributed by atoms with Gasteiger partial charge in [-0.15, -0.1) is 0 Å². The van der Waals surface area contributed by atoms with Crippen molar-refractivity contribution in [2.45, 2.75) is 24.3 Å². The predicted octanol–water partition coefficient (Wildman–Crippen LogP) is 2.50. The van der Waals surface area contributed by atoms with Crippen molar-refractivity contribution >= 4 is 31.2 Å². The van der Waals surface area contributed by atoms with Crippen molar-refractivity contribution in [3.8, 4) is 0 Å². The van der Waals surface area contributed by atoms with Crippen molar-refractivity contribution in [2.24, 2.45) is 0 Å². The van der Waals surface area contributed by atoms with Crippen LogP contribution in [0.15, 0.2) is 59.5 Å². The molecule has 1 aliphatic heterocycles. The van der Waals surface area contributed by atoms with Gasteiger partial charge in [-0.2, -0.15) is 0 Å². The third kappa shape index (κ3) is 4.19. The van der Waals surface area contributed by atoms with Crippen molar-refractivity contribution in [1.29, 1.82) is 0 Å². The molecule has 1 heterocycles. The number of benzene rings is 2. The van der Waals surface area contributed by atoms with Gasteiger partial charge in [0.25, 0.3) is 10.0 Å². The van der Waals surface area contributed by atoms with Gasteiger partial charge in [0.05, 0.1) is 16.4 Å². The van der Waals surface area contributed by atoms with E-state index in [0.717, 1.165) is 5.69 Å². The summed E-state index contributed by atoms with van der Waals surface area (Å²) in [5, 5.41) is 0. The van der Waals surface area contributed by atoms with Crippen molar-refractivity contribution in [1.82, 2.24) is 0 Å². The topological polar surface area (TPSA) is 83.6 Å². The summed E-state index contributed by atoms with van der Waals surface area (Å²) in [7, 11) is -6.58. The summed E-state index contributed by atoms with van der Waals surface area (Å²) in [6.07, 6.45) is 0.624. The average molecular weight is 395 g/mol. The lowest BCUT2D eigenvalue weighted by atomic mass is 10.2. The highest BCUT2D eigenvalue weighted by Gasteiger charge is 2.31. The van der Waals surface area contributed by atoms with E-state index >= 15 is 0 Å². The molecule has 1 aliphatic rings. The maximum absolute atomic E-state index is 12.4. The highest BCUT2D eigenvalue weighted by Crippen LogP contribution is 2.26. The minimum Gasteiger partial charge on any atom is -0.368 e. The number of sulfonamides is 1. The van der Waals surface area contributed by atoms with Crippen molar-refractivity contribution in [3.05, 3.63) is 54.6 Å². The lowest BCUT2D eigenvalue weighted by Gasteiger charge is -2.29. The van der Waals surface area contributed by atoms with E-state index in [0.29, 0.717) is 18.7 Å². The summed E-state index contributed by atoms with van der Waals surface area (Å²) in [6, 6.07) is 15.2. The number of rotatable bonds is 6. The third-order valence-corrected chi connectivity index (χ3v) is 7.64. The molecule has 0 spiro atoms. The molecule has 0 bridgehead atoms. The molecule has 3 rings (SSSR count). The third-order valence-electron chi connectivity index (χ3n) is 4.49. The van der Waals surface area contributed by atoms with E-state index in [1.807, 2.05) is 19.1 Å². The zero-order valence-corrected chi connectivity index (χ0v) is 16.1. The lowest BCUT2D eigenvalue weighted by molar-refractivity contribution is 0.598. The van der Waals surface area contributed by atoms with E-state index in [4.69, 9.17) is 0 Å². The number of nitrogens with zero attached hydrogens (tertiary/aromatic N) is 1. The second kappa shape index (κ2) is 7.28. The monoisotopic (exact) mass is 394 g/mol. The molecule has 140 valence electrons. The Morgan fingerprint density at radius 1 is 1.08 bits per heavy atom. The molecule has 0 radical (unpaired) electrons. The van der Waals surface area contributed by atoms with Crippen LogP contribution in [0.4, 0.5) is 11.4 Å². The van der Waals surface area contributed by atoms with Crippen LogP contribution in [0.25, 0.3) is 0 Å². The molecule has 0 aromatic heterocycles. The van der Waals surface area contributed by atoms with Gasteiger partial charge in [-0.05, 0) is 49.7 Å². The van der Waals surface area contributed by atoms with Crippen LogP contribution in [0, 0.1) is 0 Å². The van der Waals surface area contributed by atoms with Crippen LogP contribution in [0.1, 0.15) is 13.3 Å². The van der Waals surface area contributed by atoms with Crippen molar-refractivity contribution in [3.63, 3.8) is 0 Å². The molecule has 1 unspecified atom stereocenters. The van der Waals surface area contributed by atoms with Crippen LogP contribution in [-0.2, 0) is 19.9 Å². The van der Waals surface area contributed by atoms with E-state index in [-0.39, 0.29) is 22.4 Å². The van der Waals surface area contributed by atoms with Gasteiger partial charge < -0.3 is 4.90 Å². The molecule has 0 amide bonds. The molecule has 0 saturated carbocycles. The first kappa shape index (κ1) is 18.7. The fourth-order valence-electron chi connectivity index (χ4n) is 3.21. The molecule has 2 aromatic carbocycles. The molecule has 0 aliphatic carbocycles. The second-order valence-corrected chi connectivity index (χ2v) is 10.2. The second-order valence-electron chi connectivity index (χ2n) is 6.31. The van der Waals surface area contributed by atoms with Crippen molar-refractivity contribution < 1.29 is 16.8 Å². The first-order valence-electron chi connectivity index (χ1n) is 8.46. The highest BCUT2D eigenvalue weighted by molar-refractivity contribution is 7.92. The normalized spacial score (nSPS) is 19.2. The average Bonchev–Trinajstić information content (AvgIpc) is 2.97. The minimum absolute atomic E-state index is 0.0307. The van der Waals surface area contributed by atoms with Gasteiger partial charge in [-0.3, -0.25) is 4.72 Å². The summed E-state index contributed by atoms with van der Waals surface area (Å²) in [5.41, 5.74) is 1.35. The smallest absolute Gasteiger partial charge is 0.261 e. The Labute approximate surface area is 154 Å². The number of hydrogen-bond acceptors (Lipinski definition) is 5. The number of nitrogens with one attached hydrogen (secondary N) is 1. The van der Waals surface area contributed by atoms with E-state index in [1.165, 1.54) is 12.1 Å². The molecule has 1 fully saturated rings. The van der Waals surface area contributed by atoms with Crippen LogP contribution in [0.5, 0.6) is 0 Å². The van der Waals surface area contributed by atoms with Gasteiger partial charge in [-0.1, -0.05) is 18.2 Å². The quantitative estimate of drug-likeness (QED) is 0.814. The fraction of sp³-hybridized carbons (Fsp3) is 0.333. The Bertz CT molecular complexity index is 956. The number of anilines is 2. The molecule has 1 atom stereocenters. The fourth-order valence-corrected chi connectivity index (χ4v) is 6.02. The van der Waals surface area contributed by atoms with Crippen LogP contribution in [-0.4, -0.2) is 40.9 Å². The maximum Gasteiger partial charge on any atom is 0.261 e. The van der Waals surface area contributed by atoms with Gasteiger partial charge in [0.15, 0.2) is 9.84 Å². The largest absolute Gasteiger partial charge is 0.368 e. The molecule has 2 aromatic rings. The van der Waals surface area contributed by atoms with Gasteiger partial charge >= 0.3 is 0 Å². The first-order chi connectivity index (χ1) is 12.3. The van der Waals surface area contributed by atoms with Gasteiger partial charge in [0.2, 0.25) is 0 Å². The minimum atomic E-state index is -3.63. The number of sulfone groups is 1. The van der Waals surface area contributed by atoms with Gasteiger partial charge in [0, 0.05) is 24.0 Å². The zero-order valence-electron chi connectivity index (χ0n) is 14.5. The van der Waals surface area contributed by atoms with Crippen LogP contribution in [0.3, 0.4) is 0 Å². The Morgan fingerprint density at radius 2 is 1.73 bits per heavy atom. The summed E-state index contributed by atoms with van der Waals surface area (Å²) in [4.78, 5) is 2.26. The summed E-state index contributed by atoms with van der Waals surface area (Å²) in [6.45, 7) is 2.67. The molecule has 26 heavy (non-hydrogen) atoms. The maximum atomic E-state index is 12.4. The first-order valence-corrected chi connectivity index (χ1v) is 11.8. The van der Waals surface area contributed by atoms with E-state index in [9.17, 15) is 16.8 Å². The molecular formula is C18H22N2O4S2. The predicted molar refractivity (Wildman–Crippen MR) is 104 cm³/mol. The summed E-state index contributed by atoms with van der Waals surface area (Å²) >= 11 is 0. The summed E-state index contributed by atoms with van der Waals surface area (Å²) < 4.78 is 50.8. The SMILES string of the molecule is CCN(c1ccc(NS(=O)(=O)c2ccccc2)cc1)C1CCS(=O)(=O)C1. The van der Waals surface area contributed by atoms with Crippen LogP contribution in [0.2, 0.25) is 0 Å². The van der Waals surface area contributed by atoms with Crippen LogP contribution >= 0.6 is 0 Å². The van der Waals surface area contributed by atoms with Gasteiger partial charge in [0.1, 0.15) is 0 Å². The Morgan fingerprint density at radius 3 is 2.27 bits per heavy atom. The standard InChI is InChI=1S/C18H22N2O4S2/c1-2-20(17-12-13-25(21,22)14-17)16-10-8-15(9-11-16)19-26(23,24)18-6-4-3-5-7-18/h3-11,17,19H,2,12-14H2,1H3. The molecule has 1 N–H and O–H groups in total. The Balaban J connectivity index is 1.76. The molecular weight excluding hydrogens is 372 g/mol. The summed E-state index contributed by atoms with van der Waals surface area (Å²) in [5.74, 6) is 0.395. The molecule has 8 heteroatoms. The van der Waals surface area contributed by atoms with E-state index in [1.54, 1.807) is 30.3 Å². The lowest BCUT2D eigenvalue weighted by Crippen LogP contribution is -2.36. The Kier molecular flexibility index (Phi) is 5.24. The van der Waals surface area contributed by atoms with Crippen molar-refractivity contribution in [2.75, 3.05) is 27.7 Å². The van der Waals surface area contributed by atoms with E-state index < -0.39 is 19.9 Å². The van der Waals surface area contributed by atoms with Crippen LogP contribution < -0.4 is 9.62 Å². The molecule has 1 saturated heterocycles. The van der Waals surface area contributed by atoms with Gasteiger partial charge in [-0.25, -0.2) is 16.8 Å². The Hall–Kier alpha value is -2.06. The zero-order chi connectivity index (χ0) is 18.8. The molecule has 6 nitrogen and oxygen atoms in total. The highest BCUT2D eigenvalue weighted by atomic mass is 32.2. The van der Waals surface area contributed by atoms with E-state index in [2.05, 4.69) is 9.62 Å².